The Bertz CT molecular complexity index is 700. The number of alkyl halides is 3. The fraction of sp³-hybridized carbons (Fsp3) is 0.400. The number of aryl methyl sites for hydroxylation is 1. The predicted molar refractivity (Wildman–Crippen MR) is 79.4 cm³/mol. The maximum Gasteiger partial charge on any atom is 0.411 e. The van der Waals surface area contributed by atoms with E-state index in [-0.39, 0.29) is 6.54 Å². The quantitative estimate of drug-likeness (QED) is 0.873. The summed E-state index contributed by atoms with van der Waals surface area (Å²) in [6.45, 7) is 1.80. The second-order valence-electron chi connectivity index (χ2n) is 5.15. The number of aromatic nitrogens is 3. The third-order valence-corrected chi connectivity index (χ3v) is 3.22. The van der Waals surface area contributed by atoms with Gasteiger partial charge >= 0.3 is 6.18 Å². The maximum atomic E-state index is 12.1. The third kappa shape index (κ3) is 5.05. The van der Waals surface area contributed by atoms with Crippen LogP contribution in [0.15, 0.2) is 30.7 Å². The van der Waals surface area contributed by atoms with Crippen LogP contribution in [-0.2, 0) is 16.1 Å². The van der Waals surface area contributed by atoms with Crippen LogP contribution < -0.4 is 5.32 Å². The minimum Gasteiger partial charge on any atom is -0.359 e. The first-order chi connectivity index (χ1) is 11.3. The highest BCUT2D eigenvalue weighted by atomic mass is 19.4. The van der Waals surface area contributed by atoms with Crippen molar-refractivity contribution in [3.63, 3.8) is 0 Å². The highest BCUT2D eigenvalue weighted by Gasteiger charge is 2.29. The normalized spacial score (nSPS) is 12.9. The van der Waals surface area contributed by atoms with Crippen molar-refractivity contribution in [2.45, 2.75) is 32.7 Å². The molecule has 0 aliphatic heterocycles. The smallest absolute Gasteiger partial charge is 0.359 e. The summed E-state index contributed by atoms with van der Waals surface area (Å²) in [5, 5.41) is 2.54. The maximum absolute atomic E-state index is 12.1. The molecule has 0 aromatic carbocycles. The summed E-state index contributed by atoms with van der Waals surface area (Å²) in [6.07, 6.45) is -0.668. The van der Waals surface area contributed by atoms with Gasteiger partial charge in [-0.15, -0.1) is 0 Å². The molecule has 0 bridgehead atoms. The van der Waals surface area contributed by atoms with E-state index in [0.717, 1.165) is 11.4 Å². The Morgan fingerprint density at radius 3 is 2.75 bits per heavy atom. The molecule has 0 radical (unpaired) electrons. The number of hydrogen-bond donors (Lipinski definition) is 1. The van der Waals surface area contributed by atoms with E-state index in [1.54, 1.807) is 35.3 Å². The number of imidazole rings is 1. The van der Waals surface area contributed by atoms with E-state index in [9.17, 15) is 18.0 Å². The van der Waals surface area contributed by atoms with Crippen molar-refractivity contribution >= 4 is 5.91 Å². The highest BCUT2D eigenvalue weighted by molar-refractivity contribution is 5.80. The van der Waals surface area contributed by atoms with Crippen LogP contribution >= 0.6 is 0 Å². The monoisotopic (exact) mass is 342 g/mol. The minimum atomic E-state index is -4.46. The van der Waals surface area contributed by atoms with E-state index in [1.165, 1.54) is 6.92 Å². The average Bonchev–Trinajstić information content (AvgIpc) is 2.96. The van der Waals surface area contributed by atoms with Crippen molar-refractivity contribution < 1.29 is 22.7 Å². The Balaban J connectivity index is 1.92. The van der Waals surface area contributed by atoms with E-state index in [2.05, 4.69) is 20.0 Å². The number of rotatable bonds is 6. The summed E-state index contributed by atoms with van der Waals surface area (Å²) >= 11 is 0. The molecule has 24 heavy (non-hydrogen) atoms. The molecule has 0 unspecified atom stereocenters. The van der Waals surface area contributed by atoms with Crippen molar-refractivity contribution in [2.24, 2.45) is 0 Å². The molecule has 0 saturated heterocycles. The van der Waals surface area contributed by atoms with Crippen molar-refractivity contribution in [1.82, 2.24) is 19.9 Å². The summed E-state index contributed by atoms with van der Waals surface area (Å²) in [4.78, 5) is 20.1. The fourth-order valence-corrected chi connectivity index (χ4v) is 1.95. The van der Waals surface area contributed by atoms with Crippen molar-refractivity contribution in [3.8, 4) is 5.82 Å². The van der Waals surface area contributed by atoms with Gasteiger partial charge in [0.1, 0.15) is 24.4 Å². The minimum absolute atomic E-state index is 0.155. The van der Waals surface area contributed by atoms with Crippen LogP contribution in [0.1, 0.15) is 18.3 Å². The first kappa shape index (κ1) is 17.9. The lowest BCUT2D eigenvalue weighted by Gasteiger charge is -2.15. The van der Waals surface area contributed by atoms with Gasteiger partial charge in [0.05, 0.1) is 0 Å². The van der Waals surface area contributed by atoms with Gasteiger partial charge in [-0.2, -0.15) is 13.2 Å². The molecular weight excluding hydrogens is 325 g/mol. The van der Waals surface area contributed by atoms with Crippen LogP contribution in [-0.4, -0.2) is 39.3 Å². The zero-order chi connectivity index (χ0) is 17.7. The van der Waals surface area contributed by atoms with Gasteiger partial charge in [-0.25, -0.2) is 9.97 Å². The molecule has 2 heterocycles. The molecule has 1 amide bonds. The van der Waals surface area contributed by atoms with E-state index in [4.69, 9.17) is 0 Å². The first-order valence-corrected chi connectivity index (χ1v) is 7.17. The molecule has 0 aliphatic carbocycles. The van der Waals surface area contributed by atoms with Gasteiger partial charge in [-0.3, -0.25) is 9.36 Å². The zero-order valence-corrected chi connectivity index (χ0v) is 13.2. The largest absolute Gasteiger partial charge is 0.411 e. The molecule has 0 fully saturated rings. The molecular formula is C15H17F3N4O2. The first-order valence-electron chi connectivity index (χ1n) is 7.17. The SMILES string of the molecule is Cc1nccn1-c1cc(CNC(=O)[C@H](C)OCC(F)(F)F)ccn1. The Labute approximate surface area is 136 Å². The highest BCUT2D eigenvalue weighted by Crippen LogP contribution is 2.15. The van der Waals surface area contributed by atoms with Crippen molar-refractivity contribution in [1.29, 1.82) is 0 Å². The molecule has 9 heteroatoms. The molecule has 2 rings (SSSR count). The molecule has 2 aromatic heterocycles. The van der Waals surface area contributed by atoms with Gasteiger partial charge in [0, 0.05) is 25.1 Å². The number of amides is 1. The van der Waals surface area contributed by atoms with Gasteiger partial charge in [0.2, 0.25) is 5.91 Å². The van der Waals surface area contributed by atoms with E-state index in [0.29, 0.717) is 5.82 Å². The molecule has 0 saturated carbocycles. The number of carbonyl (C=O) groups is 1. The topological polar surface area (TPSA) is 69.0 Å². The molecule has 1 N–H and O–H groups in total. The summed E-state index contributed by atoms with van der Waals surface area (Å²) in [5.41, 5.74) is 0.754. The van der Waals surface area contributed by atoms with E-state index in [1.807, 2.05) is 6.92 Å². The van der Waals surface area contributed by atoms with Gasteiger partial charge in [-0.1, -0.05) is 0 Å². The summed E-state index contributed by atoms with van der Waals surface area (Å²) in [6, 6.07) is 3.47. The lowest BCUT2D eigenvalue weighted by Crippen LogP contribution is -2.36. The molecule has 1 atom stereocenters. The Morgan fingerprint density at radius 2 is 2.12 bits per heavy atom. The van der Waals surface area contributed by atoms with Gasteiger partial charge in [0.15, 0.2) is 0 Å². The number of halogens is 3. The Hall–Kier alpha value is -2.42. The van der Waals surface area contributed by atoms with Crippen LogP contribution in [0.3, 0.4) is 0 Å². The molecule has 0 aliphatic rings. The fourth-order valence-electron chi connectivity index (χ4n) is 1.95. The lowest BCUT2D eigenvalue weighted by atomic mass is 10.2. The van der Waals surface area contributed by atoms with Gasteiger partial charge < -0.3 is 10.1 Å². The number of pyridine rings is 1. The second kappa shape index (κ2) is 7.43. The zero-order valence-electron chi connectivity index (χ0n) is 13.2. The van der Waals surface area contributed by atoms with Crippen molar-refractivity contribution in [2.75, 3.05) is 6.61 Å². The average molecular weight is 342 g/mol. The predicted octanol–water partition coefficient (Wildman–Crippen LogP) is 2.16. The number of nitrogens with one attached hydrogen (secondary N) is 1. The third-order valence-electron chi connectivity index (χ3n) is 3.22. The summed E-state index contributed by atoms with van der Waals surface area (Å²) < 4.78 is 42.5. The Morgan fingerprint density at radius 1 is 1.38 bits per heavy atom. The molecule has 6 nitrogen and oxygen atoms in total. The summed E-state index contributed by atoms with van der Waals surface area (Å²) in [5.74, 6) is 0.785. The van der Waals surface area contributed by atoms with Gasteiger partial charge in [0.25, 0.3) is 0 Å². The van der Waals surface area contributed by atoms with Crippen LogP contribution in [0.5, 0.6) is 0 Å². The lowest BCUT2D eigenvalue weighted by molar-refractivity contribution is -0.185. The molecule has 130 valence electrons. The van der Waals surface area contributed by atoms with E-state index < -0.39 is 24.8 Å². The van der Waals surface area contributed by atoms with Gasteiger partial charge in [-0.05, 0) is 31.5 Å². The second-order valence-corrected chi connectivity index (χ2v) is 5.15. The number of carbonyl (C=O) groups excluding carboxylic acids is 1. The molecule has 2 aromatic rings. The van der Waals surface area contributed by atoms with Crippen molar-refractivity contribution in [3.05, 3.63) is 42.1 Å². The number of nitrogens with zero attached hydrogens (tertiary/aromatic N) is 3. The van der Waals surface area contributed by atoms with Crippen LogP contribution in [0.4, 0.5) is 13.2 Å². The van der Waals surface area contributed by atoms with E-state index >= 15 is 0 Å². The Kier molecular flexibility index (Phi) is 5.55. The number of hydrogen-bond acceptors (Lipinski definition) is 4. The number of ether oxygens (including phenoxy) is 1. The van der Waals surface area contributed by atoms with Crippen LogP contribution in [0, 0.1) is 6.92 Å². The summed E-state index contributed by atoms with van der Waals surface area (Å²) in [7, 11) is 0. The van der Waals surface area contributed by atoms with Crippen LogP contribution in [0.25, 0.3) is 5.82 Å². The molecule has 0 spiro atoms. The standard InChI is InChI=1S/C15H17F3N4O2/c1-10(24-9-15(16,17)18)14(23)21-8-12-3-4-20-13(7-12)22-6-5-19-11(22)2/h3-7,10H,8-9H2,1-2H3,(H,21,23)/t10-/m0/s1. The van der Waals surface area contributed by atoms with Crippen LogP contribution in [0.2, 0.25) is 0 Å².